The van der Waals surface area contributed by atoms with E-state index >= 15 is 0 Å². The van der Waals surface area contributed by atoms with E-state index < -0.39 is 0 Å². The highest BCUT2D eigenvalue weighted by Crippen LogP contribution is 2.22. The minimum absolute atomic E-state index is 0.230. The number of aryl methyl sites for hydroxylation is 3. The lowest BCUT2D eigenvalue weighted by Crippen LogP contribution is -1.99. The van der Waals surface area contributed by atoms with E-state index in [-0.39, 0.29) is 5.82 Å². The molecule has 4 aromatic rings. The van der Waals surface area contributed by atoms with Gasteiger partial charge in [-0.15, -0.1) is 0 Å². The third kappa shape index (κ3) is 3.66. The van der Waals surface area contributed by atoms with Crippen molar-refractivity contribution in [3.05, 3.63) is 101 Å². The van der Waals surface area contributed by atoms with Gasteiger partial charge in [-0.25, -0.2) is 4.39 Å². The zero-order chi connectivity index (χ0) is 20.5. The minimum Gasteiger partial charge on any atom is -0.319 e. The van der Waals surface area contributed by atoms with Crippen molar-refractivity contribution in [2.24, 2.45) is 4.99 Å². The summed E-state index contributed by atoms with van der Waals surface area (Å²) in [6, 6.07) is 21.1. The van der Waals surface area contributed by atoms with E-state index in [0.717, 1.165) is 34.0 Å². The van der Waals surface area contributed by atoms with Crippen molar-refractivity contribution in [2.45, 2.75) is 27.7 Å². The molecule has 2 aromatic carbocycles. The highest BCUT2D eigenvalue weighted by atomic mass is 19.1. The average molecular weight is 385 g/mol. The van der Waals surface area contributed by atoms with Crippen molar-refractivity contribution in [2.75, 3.05) is 0 Å². The normalized spacial score (nSPS) is 11.5. The molecule has 0 spiro atoms. The van der Waals surface area contributed by atoms with Crippen LogP contribution in [0.5, 0.6) is 0 Å². The second-order valence-electron chi connectivity index (χ2n) is 7.36. The van der Waals surface area contributed by atoms with Gasteiger partial charge in [-0.05, 0) is 94.4 Å². The van der Waals surface area contributed by atoms with Crippen LogP contribution >= 0.6 is 0 Å². The molecular formula is C25H24FN3. The molecule has 0 saturated carbocycles. The summed E-state index contributed by atoms with van der Waals surface area (Å²) in [5.74, 6) is -0.230. The lowest BCUT2D eigenvalue weighted by Gasteiger charge is -2.09. The van der Waals surface area contributed by atoms with Crippen molar-refractivity contribution < 1.29 is 4.39 Å². The molecule has 0 aliphatic rings. The van der Waals surface area contributed by atoms with Gasteiger partial charge in [0.1, 0.15) is 5.82 Å². The van der Waals surface area contributed by atoms with Gasteiger partial charge < -0.3 is 9.13 Å². The van der Waals surface area contributed by atoms with E-state index in [1.807, 2.05) is 25.3 Å². The van der Waals surface area contributed by atoms with Gasteiger partial charge in [-0.2, -0.15) is 0 Å². The van der Waals surface area contributed by atoms with Gasteiger partial charge in [-0.3, -0.25) is 4.99 Å². The number of aliphatic imine (C=N–C) groups is 1. The van der Waals surface area contributed by atoms with Crippen LogP contribution in [0.25, 0.3) is 11.4 Å². The van der Waals surface area contributed by atoms with Crippen LogP contribution in [0.15, 0.2) is 71.7 Å². The van der Waals surface area contributed by atoms with Crippen molar-refractivity contribution in [3.63, 3.8) is 0 Å². The van der Waals surface area contributed by atoms with Crippen LogP contribution in [-0.4, -0.2) is 15.3 Å². The molecule has 146 valence electrons. The van der Waals surface area contributed by atoms with Gasteiger partial charge in [0.05, 0.1) is 5.69 Å². The fourth-order valence-corrected chi connectivity index (χ4v) is 3.81. The number of rotatable bonds is 4. The Morgan fingerprint density at radius 1 is 0.690 bits per heavy atom. The summed E-state index contributed by atoms with van der Waals surface area (Å²) in [4.78, 5) is 4.66. The third-order valence-electron chi connectivity index (χ3n) is 5.29. The summed E-state index contributed by atoms with van der Waals surface area (Å²) in [5.41, 5.74) is 8.63. The molecule has 0 aliphatic heterocycles. The largest absolute Gasteiger partial charge is 0.319 e. The molecule has 4 rings (SSSR count). The van der Waals surface area contributed by atoms with Gasteiger partial charge in [0.2, 0.25) is 0 Å². The molecule has 0 fully saturated rings. The summed E-state index contributed by atoms with van der Waals surface area (Å²) in [7, 11) is 0. The van der Waals surface area contributed by atoms with E-state index in [9.17, 15) is 4.39 Å². The lowest BCUT2D eigenvalue weighted by molar-refractivity contribution is 0.627. The van der Waals surface area contributed by atoms with Gasteiger partial charge in [0.15, 0.2) is 0 Å². The second kappa shape index (κ2) is 7.55. The molecule has 0 aliphatic carbocycles. The monoisotopic (exact) mass is 385 g/mol. The van der Waals surface area contributed by atoms with Crippen molar-refractivity contribution in [1.29, 1.82) is 0 Å². The highest BCUT2D eigenvalue weighted by Gasteiger charge is 2.09. The molecule has 4 heteroatoms. The highest BCUT2D eigenvalue weighted by molar-refractivity contribution is 5.84. The van der Waals surface area contributed by atoms with Crippen LogP contribution in [0.3, 0.4) is 0 Å². The SMILES string of the molecule is Cc1ccc(C)n1-c1ccc(N=Cc2cc(C)n(-c3ccc(F)cc3)c2C)cc1. The molecule has 2 aromatic heterocycles. The Morgan fingerprint density at radius 2 is 1.24 bits per heavy atom. The van der Waals surface area contributed by atoms with Gasteiger partial charge >= 0.3 is 0 Å². The fourth-order valence-electron chi connectivity index (χ4n) is 3.81. The summed E-state index contributed by atoms with van der Waals surface area (Å²) in [5, 5.41) is 0. The predicted octanol–water partition coefficient (Wildman–Crippen LogP) is 6.39. The van der Waals surface area contributed by atoms with E-state index in [4.69, 9.17) is 0 Å². The van der Waals surface area contributed by atoms with E-state index in [0.29, 0.717) is 0 Å². The number of benzene rings is 2. The van der Waals surface area contributed by atoms with Crippen LogP contribution in [0.1, 0.15) is 28.3 Å². The number of hydrogen-bond donors (Lipinski definition) is 0. The molecular weight excluding hydrogens is 361 g/mol. The molecule has 0 amide bonds. The van der Waals surface area contributed by atoms with Gasteiger partial charge in [0.25, 0.3) is 0 Å². The molecule has 0 atom stereocenters. The maximum atomic E-state index is 13.2. The van der Waals surface area contributed by atoms with Crippen LogP contribution in [0.2, 0.25) is 0 Å². The van der Waals surface area contributed by atoms with Gasteiger partial charge in [-0.1, -0.05) is 0 Å². The number of halogens is 1. The first-order chi connectivity index (χ1) is 13.9. The standard InChI is InChI=1S/C25H24FN3/c1-17-5-6-18(2)28(17)24-13-9-23(10-14-24)27-16-21-15-19(3)29(20(21)4)25-11-7-22(26)8-12-25/h5-16H,1-4H3. The maximum absolute atomic E-state index is 13.2. The zero-order valence-corrected chi connectivity index (χ0v) is 17.1. The lowest BCUT2D eigenvalue weighted by atomic mass is 10.2. The summed E-state index contributed by atoms with van der Waals surface area (Å²) in [6.45, 7) is 8.31. The van der Waals surface area contributed by atoms with Crippen LogP contribution in [0, 0.1) is 33.5 Å². The van der Waals surface area contributed by atoms with E-state index in [2.05, 4.69) is 65.2 Å². The van der Waals surface area contributed by atoms with Gasteiger partial charge in [0, 0.05) is 45.9 Å². The minimum atomic E-state index is -0.230. The molecule has 0 radical (unpaired) electrons. The number of hydrogen-bond acceptors (Lipinski definition) is 1. The summed E-state index contributed by atoms with van der Waals surface area (Å²) >= 11 is 0. The Labute approximate surface area is 170 Å². The smallest absolute Gasteiger partial charge is 0.123 e. The molecule has 2 heterocycles. The quantitative estimate of drug-likeness (QED) is 0.363. The summed E-state index contributed by atoms with van der Waals surface area (Å²) < 4.78 is 17.6. The van der Waals surface area contributed by atoms with Crippen LogP contribution in [0.4, 0.5) is 10.1 Å². The second-order valence-corrected chi connectivity index (χ2v) is 7.36. The fraction of sp³-hybridized carbons (Fsp3) is 0.160. The molecule has 0 bridgehead atoms. The topological polar surface area (TPSA) is 22.2 Å². The van der Waals surface area contributed by atoms with Crippen molar-refractivity contribution >= 4 is 11.9 Å². The van der Waals surface area contributed by atoms with Crippen molar-refractivity contribution in [1.82, 2.24) is 9.13 Å². The Balaban J connectivity index is 1.60. The van der Waals surface area contributed by atoms with E-state index in [1.54, 1.807) is 12.1 Å². The summed E-state index contributed by atoms with van der Waals surface area (Å²) in [6.07, 6.45) is 1.89. The first-order valence-corrected chi connectivity index (χ1v) is 9.68. The van der Waals surface area contributed by atoms with Crippen LogP contribution in [-0.2, 0) is 0 Å². The number of aromatic nitrogens is 2. The van der Waals surface area contributed by atoms with Crippen molar-refractivity contribution in [3.8, 4) is 11.4 Å². The third-order valence-corrected chi connectivity index (χ3v) is 5.29. The molecule has 0 saturated heterocycles. The van der Waals surface area contributed by atoms with Crippen LogP contribution < -0.4 is 0 Å². The Hall–Kier alpha value is -3.40. The predicted molar refractivity (Wildman–Crippen MR) is 118 cm³/mol. The average Bonchev–Trinajstić information content (AvgIpc) is 3.19. The first kappa shape index (κ1) is 18.9. The zero-order valence-electron chi connectivity index (χ0n) is 17.1. The molecule has 3 nitrogen and oxygen atoms in total. The Bertz CT molecular complexity index is 1160. The molecule has 0 unspecified atom stereocenters. The number of nitrogens with zero attached hydrogens (tertiary/aromatic N) is 3. The maximum Gasteiger partial charge on any atom is 0.123 e. The Kier molecular flexibility index (Phi) is 4.93. The first-order valence-electron chi connectivity index (χ1n) is 9.68. The van der Waals surface area contributed by atoms with E-state index in [1.165, 1.54) is 23.5 Å². The molecule has 29 heavy (non-hydrogen) atoms. The molecule has 0 N–H and O–H groups in total. The Morgan fingerprint density at radius 3 is 1.86 bits per heavy atom.